The van der Waals surface area contributed by atoms with Crippen LogP contribution in [0.5, 0.6) is 0 Å². The van der Waals surface area contributed by atoms with Gasteiger partial charge in [-0.05, 0) is 30.9 Å². The molecule has 0 saturated carbocycles. The van der Waals surface area contributed by atoms with E-state index in [-0.39, 0.29) is 5.91 Å². The van der Waals surface area contributed by atoms with E-state index in [1.807, 2.05) is 12.1 Å². The molecule has 2 fully saturated rings. The van der Waals surface area contributed by atoms with Gasteiger partial charge in [0, 0.05) is 48.4 Å². The van der Waals surface area contributed by atoms with Crippen LogP contribution in [-0.4, -0.2) is 25.0 Å². The van der Waals surface area contributed by atoms with Gasteiger partial charge >= 0.3 is 0 Å². The lowest BCUT2D eigenvalue weighted by atomic mass is 9.85. The first-order valence-electron chi connectivity index (χ1n) is 7.21. The zero-order valence-electron chi connectivity index (χ0n) is 11.4. The van der Waals surface area contributed by atoms with Crippen LogP contribution in [0.4, 0.5) is 5.69 Å². The van der Waals surface area contributed by atoms with E-state index in [1.54, 1.807) is 0 Å². The van der Waals surface area contributed by atoms with Gasteiger partial charge in [-0.25, -0.2) is 0 Å². The van der Waals surface area contributed by atoms with Crippen molar-refractivity contribution in [2.24, 2.45) is 11.7 Å². The summed E-state index contributed by atoms with van der Waals surface area (Å²) in [5.74, 6) is 0.733. The summed E-state index contributed by atoms with van der Waals surface area (Å²) in [6.07, 6.45) is 2.62. The van der Waals surface area contributed by atoms with Crippen molar-refractivity contribution in [3.63, 3.8) is 0 Å². The molecule has 2 aliphatic heterocycles. The van der Waals surface area contributed by atoms with Crippen molar-refractivity contribution in [2.75, 3.05) is 18.0 Å². The SMILES string of the molecule is NCc1c(Cl)cccc1N1CCC2NC(=O)CCC2C1. The minimum absolute atomic E-state index is 0.199. The van der Waals surface area contributed by atoms with Gasteiger partial charge in [0.1, 0.15) is 0 Å². The maximum Gasteiger partial charge on any atom is 0.220 e. The number of nitrogens with zero attached hydrogens (tertiary/aromatic N) is 1. The van der Waals surface area contributed by atoms with Gasteiger partial charge in [-0.2, -0.15) is 0 Å². The third-order valence-electron chi connectivity index (χ3n) is 4.46. The molecule has 0 bridgehead atoms. The second-order valence-electron chi connectivity index (χ2n) is 5.65. The second kappa shape index (κ2) is 5.62. The van der Waals surface area contributed by atoms with Crippen molar-refractivity contribution in [1.82, 2.24) is 5.32 Å². The molecule has 2 unspecified atom stereocenters. The summed E-state index contributed by atoms with van der Waals surface area (Å²) in [6, 6.07) is 6.30. The van der Waals surface area contributed by atoms with Crippen LogP contribution in [0, 0.1) is 5.92 Å². The molecule has 0 spiro atoms. The summed E-state index contributed by atoms with van der Waals surface area (Å²) >= 11 is 6.24. The van der Waals surface area contributed by atoms with Crippen molar-refractivity contribution < 1.29 is 4.79 Å². The Bertz CT molecular complexity index is 520. The highest BCUT2D eigenvalue weighted by molar-refractivity contribution is 6.31. The van der Waals surface area contributed by atoms with E-state index in [0.717, 1.165) is 42.2 Å². The molecule has 2 aliphatic rings. The molecular weight excluding hydrogens is 274 g/mol. The molecule has 1 aromatic rings. The van der Waals surface area contributed by atoms with E-state index in [1.165, 1.54) is 0 Å². The minimum atomic E-state index is 0.199. The number of rotatable bonds is 2. The molecular formula is C15H20ClN3O. The smallest absolute Gasteiger partial charge is 0.220 e. The van der Waals surface area contributed by atoms with Crippen molar-refractivity contribution in [3.05, 3.63) is 28.8 Å². The lowest BCUT2D eigenvalue weighted by Crippen LogP contribution is -2.54. The van der Waals surface area contributed by atoms with Gasteiger partial charge in [-0.1, -0.05) is 17.7 Å². The van der Waals surface area contributed by atoms with Gasteiger partial charge in [0.05, 0.1) is 0 Å². The summed E-state index contributed by atoms with van der Waals surface area (Å²) in [5, 5.41) is 3.85. The highest BCUT2D eigenvalue weighted by Gasteiger charge is 2.34. The van der Waals surface area contributed by atoms with Crippen LogP contribution < -0.4 is 16.0 Å². The van der Waals surface area contributed by atoms with E-state index in [4.69, 9.17) is 17.3 Å². The number of nitrogens with two attached hydrogens (primary N) is 1. The van der Waals surface area contributed by atoms with Crippen molar-refractivity contribution in [2.45, 2.75) is 31.8 Å². The first-order valence-corrected chi connectivity index (χ1v) is 7.58. The number of carbonyl (C=O) groups excluding carboxylic acids is 1. The molecule has 108 valence electrons. The van der Waals surface area contributed by atoms with Crippen molar-refractivity contribution >= 4 is 23.2 Å². The molecule has 1 amide bonds. The number of anilines is 1. The third-order valence-corrected chi connectivity index (χ3v) is 4.82. The van der Waals surface area contributed by atoms with Crippen molar-refractivity contribution in [1.29, 1.82) is 0 Å². The largest absolute Gasteiger partial charge is 0.371 e. The van der Waals surface area contributed by atoms with Crippen LogP contribution in [0.1, 0.15) is 24.8 Å². The Morgan fingerprint density at radius 2 is 2.25 bits per heavy atom. The fraction of sp³-hybridized carbons (Fsp3) is 0.533. The molecule has 0 radical (unpaired) electrons. The maximum atomic E-state index is 11.5. The number of hydrogen-bond acceptors (Lipinski definition) is 3. The summed E-state index contributed by atoms with van der Waals surface area (Å²) in [4.78, 5) is 13.8. The Morgan fingerprint density at radius 1 is 1.40 bits per heavy atom. The molecule has 3 rings (SSSR count). The molecule has 4 nitrogen and oxygen atoms in total. The quantitative estimate of drug-likeness (QED) is 0.876. The zero-order chi connectivity index (χ0) is 14.1. The lowest BCUT2D eigenvalue weighted by Gasteiger charge is -2.43. The average Bonchev–Trinajstić information content (AvgIpc) is 2.46. The van der Waals surface area contributed by atoms with Crippen LogP contribution in [-0.2, 0) is 11.3 Å². The number of amides is 1. The second-order valence-corrected chi connectivity index (χ2v) is 6.06. The van der Waals surface area contributed by atoms with Crippen LogP contribution in [0.25, 0.3) is 0 Å². The summed E-state index contributed by atoms with van der Waals surface area (Å²) in [5.41, 5.74) is 8.01. The summed E-state index contributed by atoms with van der Waals surface area (Å²) in [7, 11) is 0. The topological polar surface area (TPSA) is 58.4 Å². The number of hydrogen-bond donors (Lipinski definition) is 2. The van der Waals surface area contributed by atoms with Gasteiger partial charge in [-0.15, -0.1) is 0 Å². The monoisotopic (exact) mass is 293 g/mol. The highest BCUT2D eigenvalue weighted by atomic mass is 35.5. The molecule has 20 heavy (non-hydrogen) atoms. The number of nitrogens with one attached hydrogen (secondary N) is 1. The standard InChI is InChI=1S/C15H20ClN3O/c16-12-2-1-3-14(11(12)8-17)19-7-6-13-10(9-19)4-5-15(20)18-13/h1-3,10,13H,4-9,17H2,(H,18,20). The van der Waals surface area contributed by atoms with Gasteiger partial charge in [-0.3, -0.25) is 4.79 Å². The number of carbonyl (C=O) groups is 1. The van der Waals surface area contributed by atoms with Crippen LogP contribution in [0.2, 0.25) is 5.02 Å². The van der Waals surface area contributed by atoms with Gasteiger partial charge < -0.3 is 16.0 Å². The van der Waals surface area contributed by atoms with E-state index in [2.05, 4.69) is 16.3 Å². The number of benzene rings is 1. The normalized spacial score (nSPS) is 26.1. The molecule has 2 atom stereocenters. The van der Waals surface area contributed by atoms with Gasteiger partial charge in [0.25, 0.3) is 0 Å². The van der Waals surface area contributed by atoms with Gasteiger partial charge in [0.15, 0.2) is 0 Å². The molecule has 2 heterocycles. The molecule has 0 aliphatic carbocycles. The van der Waals surface area contributed by atoms with Crippen molar-refractivity contribution in [3.8, 4) is 0 Å². The van der Waals surface area contributed by atoms with Crippen LogP contribution in [0.15, 0.2) is 18.2 Å². The predicted octanol–water partition coefficient (Wildman–Crippen LogP) is 1.90. The Morgan fingerprint density at radius 3 is 3.05 bits per heavy atom. The fourth-order valence-corrected chi connectivity index (χ4v) is 3.62. The Labute approximate surface area is 124 Å². The molecule has 0 aromatic heterocycles. The minimum Gasteiger partial charge on any atom is -0.371 e. The molecule has 1 aromatic carbocycles. The molecule has 5 heteroatoms. The Balaban J connectivity index is 1.80. The van der Waals surface area contributed by atoms with Crippen LogP contribution >= 0.6 is 11.6 Å². The van der Waals surface area contributed by atoms with E-state index < -0.39 is 0 Å². The molecule has 3 N–H and O–H groups in total. The number of piperidine rings is 2. The molecule has 2 saturated heterocycles. The zero-order valence-corrected chi connectivity index (χ0v) is 12.2. The fourth-order valence-electron chi connectivity index (χ4n) is 3.37. The maximum absolute atomic E-state index is 11.5. The predicted molar refractivity (Wildman–Crippen MR) is 80.8 cm³/mol. The lowest BCUT2D eigenvalue weighted by molar-refractivity contribution is -0.124. The summed E-state index contributed by atoms with van der Waals surface area (Å²) in [6.45, 7) is 2.36. The Kier molecular flexibility index (Phi) is 3.85. The Hall–Kier alpha value is -1.26. The third kappa shape index (κ3) is 2.50. The number of halogens is 1. The van der Waals surface area contributed by atoms with Gasteiger partial charge in [0.2, 0.25) is 5.91 Å². The summed E-state index contributed by atoms with van der Waals surface area (Å²) < 4.78 is 0. The average molecular weight is 294 g/mol. The van der Waals surface area contributed by atoms with E-state index >= 15 is 0 Å². The van der Waals surface area contributed by atoms with E-state index in [0.29, 0.717) is 24.9 Å². The first kappa shape index (κ1) is 13.7. The highest BCUT2D eigenvalue weighted by Crippen LogP contribution is 2.32. The number of fused-ring (bicyclic) bond motifs is 1. The van der Waals surface area contributed by atoms with Crippen LogP contribution in [0.3, 0.4) is 0 Å². The first-order chi connectivity index (χ1) is 9.69. The van der Waals surface area contributed by atoms with E-state index in [9.17, 15) is 4.79 Å².